The van der Waals surface area contributed by atoms with Crippen LogP contribution in [-0.4, -0.2) is 22.6 Å². The van der Waals surface area contributed by atoms with E-state index in [4.69, 9.17) is 0 Å². The number of aromatic nitrogens is 2. The quantitative estimate of drug-likeness (QED) is 0.804. The van der Waals surface area contributed by atoms with Crippen LogP contribution in [0.1, 0.15) is 39.4 Å². The Bertz CT molecular complexity index is 323. The first-order valence-electron chi connectivity index (χ1n) is 5.54. The smallest absolute Gasteiger partial charge is 0.0953 e. The summed E-state index contributed by atoms with van der Waals surface area (Å²) in [6.45, 7) is 10.5. The van der Waals surface area contributed by atoms with Gasteiger partial charge in [0.2, 0.25) is 0 Å². The van der Waals surface area contributed by atoms with Crippen LogP contribution >= 0.6 is 0 Å². The highest BCUT2D eigenvalue weighted by Gasteiger charge is 2.02. The standard InChI is InChI=1S/C12H21N3/c1-5-13-7-11(4)6-12-8-14-9-15(12)10(2)3/h6,8-10,13H,5,7H2,1-4H3. The van der Waals surface area contributed by atoms with Gasteiger partial charge in [0.1, 0.15) is 0 Å². The van der Waals surface area contributed by atoms with Crippen molar-refractivity contribution in [2.45, 2.75) is 33.7 Å². The van der Waals surface area contributed by atoms with E-state index in [9.17, 15) is 0 Å². The summed E-state index contributed by atoms with van der Waals surface area (Å²) in [5, 5.41) is 3.31. The zero-order valence-electron chi connectivity index (χ0n) is 10.1. The van der Waals surface area contributed by atoms with E-state index in [2.05, 4.69) is 48.6 Å². The third-order valence-electron chi connectivity index (χ3n) is 2.30. The zero-order chi connectivity index (χ0) is 11.3. The highest BCUT2D eigenvalue weighted by atomic mass is 15.1. The van der Waals surface area contributed by atoms with E-state index < -0.39 is 0 Å². The number of hydrogen-bond donors (Lipinski definition) is 1. The molecule has 0 bridgehead atoms. The summed E-state index contributed by atoms with van der Waals surface area (Å²) < 4.78 is 2.18. The molecule has 0 spiro atoms. The van der Waals surface area contributed by atoms with Crippen LogP contribution in [0.15, 0.2) is 18.1 Å². The van der Waals surface area contributed by atoms with Crippen LogP contribution in [-0.2, 0) is 0 Å². The molecule has 0 aliphatic carbocycles. The third kappa shape index (κ3) is 3.51. The Balaban J connectivity index is 2.74. The van der Waals surface area contributed by atoms with Crippen LogP contribution in [0.2, 0.25) is 0 Å². The van der Waals surface area contributed by atoms with Crippen molar-refractivity contribution >= 4 is 6.08 Å². The van der Waals surface area contributed by atoms with Gasteiger partial charge in [-0.05, 0) is 33.4 Å². The molecule has 0 aliphatic heterocycles. The summed E-state index contributed by atoms with van der Waals surface area (Å²) in [4.78, 5) is 4.17. The number of hydrogen-bond acceptors (Lipinski definition) is 2. The maximum Gasteiger partial charge on any atom is 0.0953 e. The molecule has 3 nitrogen and oxygen atoms in total. The Morgan fingerprint density at radius 1 is 1.60 bits per heavy atom. The average Bonchev–Trinajstić information content (AvgIpc) is 2.62. The molecule has 0 radical (unpaired) electrons. The molecule has 0 aromatic carbocycles. The van der Waals surface area contributed by atoms with Crippen LogP contribution in [0.5, 0.6) is 0 Å². The molecule has 1 heterocycles. The maximum atomic E-state index is 4.17. The minimum atomic E-state index is 0.464. The van der Waals surface area contributed by atoms with Gasteiger partial charge in [-0.3, -0.25) is 0 Å². The number of likely N-dealkylation sites (N-methyl/N-ethyl adjacent to an activating group) is 1. The predicted molar refractivity (Wildman–Crippen MR) is 64.8 cm³/mol. The van der Waals surface area contributed by atoms with E-state index in [1.807, 2.05) is 12.5 Å². The Morgan fingerprint density at radius 3 is 2.93 bits per heavy atom. The monoisotopic (exact) mass is 207 g/mol. The van der Waals surface area contributed by atoms with Gasteiger partial charge in [0.15, 0.2) is 0 Å². The van der Waals surface area contributed by atoms with Gasteiger partial charge in [0, 0.05) is 12.6 Å². The SMILES string of the molecule is CCNCC(C)=Cc1cncn1C(C)C. The van der Waals surface area contributed by atoms with Gasteiger partial charge in [-0.25, -0.2) is 4.98 Å². The second kappa shape index (κ2) is 5.71. The molecule has 15 heavy (non-hydrogen) atoms. The predicted octanol–water partition coefficient (Wildman–Crippen LogP) is 2.48. The fraction of sp³-hybridized carbons (Fsp3) is 0.583. The first-order chi connectivity index (χ1) is 7.15. The van der Waals surface area contributed by atoms with Crippen molar-refractivity contribution in [3.63, 3.8) is 0 Å². The van der Waals surface area contributed by atoms with Crippen LogP contribution < -0.4 is 5.32 Å². The van der Waals surface area contributed by atoms with Crippen LogP contribution in [0.25, 0.3) is 6.08 Å². The molecule has 0 atom stereocenters. The molecule has 84 valence electrons. The topological polar surface area (TPSA) is 29.9 Å². The summed E-state index contributed by atoms with van der Waals surface area (Å²) in [6.07, 6.45) is 5.99. The molecule has 1 N–H and O–H groups in total. The first kappa shape index (κ1) is 12.0. The molecular formula is C12H21N3. The van der Waals surface area contributed by atoms with Crippen molar-refractivity contribution < 1.29 is 0 Å². The van der Waals surface area contributed by atoms with E-state index >= 15 is 0 Å². The maximum absolute atomic E-state index is 4.17. The van der Waals surface area contributed by atoms with Gasteiger partial charge in [-0.1, -0.05) is 12.5 Å². The zero-order valence-corrected chi connectivity index (χ0v) is 10.1. The van der Waals surface area contributed by atoms with Gasteiger partial charge < -0.3 is 9.88 Å². The van der Waals surface area contributed by atoms with Gasteiger partial charge in [-0.15, -0.1) is 0 Å². The van der Waals surface area contributed by atoms with Gasteiger partial charge >= 0.3 is 0 Å². The lowest BCUT2D eigenvalue weighted by molar-refractivity contribution is 0.595. The fourth-order valence-electron chi connectivity index (χ4n) is 1.48. The molecule has 1 aromatic rings. The summed E-state index contributed by atoms with van der Waals surface area (Å²) in [6, 6.07) is 0.464. The average molecular weight is 207 g/mol. The Kier molecular flexibility index (Phi) is 4.56. The second-order valence-corrected chi connectivity index (χ2v) is 4.09. The molecule has 0 aliphatic rings. The lowest BCUT2D eigenvalue weighted by atomic mass is 10.2. The molecule has 0 amide bonds. The minimum Gasteiger partial charge on any atom is -0.329 e. The van der Waals surface area contributed by atoms with E-state index in [1.54, 1.807) is 0 Å². The number of nitrogens with one attached hydrogen (secondary N) is 1. The van der Waals surface area contributed by atoms with Crippen molar-refractivity contribution in [2.75, 3.05) is 13.1 Å². The Hall–Kier alpha value is -1.09. The summed E-state index contributed by atoms with van der Waals surface area (Å²) in [5.74, 6) is 0. The number of imidazole rings is 1. The molecule has 0 unspecified atom stereocenters. The van der Waals surface area contributed by atoms with Gasteiger partial charge in [0.05, 0.1) is 18.2 Å². The van der Waals surface area contributed by atoms with Gasteiger partial charge in [0.25, 0.3) is 0 Å². The van der Waals surface area contributed by atoms with E-state index in [1.165, 1.54) is 11.3 Å². The first-order valence-corrected chi connectivity index (χ1v) is 5.54. The second-order valence-electron chi connectivity index (χ2n) is 4.09. The molecule has 0 fully saturated rings. The lowest BCUT2D eigenvalue weighted by Gasteiger charge is -2.10. The van der Waals surface area contributed by atoms with Crippen molar-refractivity contribution in [2.24, 2.45) is 0 Å². The highest BCUT2D eigenvalue weighted by molar-refractivity contribution is 5.48. The minimum absolute atomic E-state index is 0.464. The summed E-state index contributed by atoms with van der Waals surface area (Å²) >= 11 is 0. The molecule has 0 saturated carbocycles. The largest absolute Gasteiger partial charge is 0.329 e. The summed E-state index contributed by atoms with van der Waals surface area (Å²) in [7, 11) is 0. The number of rotatable bonds is 5. The Morgan fingerprint density at radius 2 is 2.33 bits per heavy atom. The molecule has 0 saturated heterocycles. The van der Waals surface area contributed by atoms with E-state index in [-0.39, 0.29) is 0 Å². The van der Waals surface area contributed by atoms with Crippen molar-refractivity contribution in [3.8, 4) is 0 Å². The van der Waals surface area contributed by atoms with E-state index in [0.29, 0.717) is 6.04 Å². The van der Waals surface area contributed by atoms with E-state index in [0.717, 1.165) is 13.1 Å². The van der Waals surface area contributed by atoms with Crippen LogP contribution in [0.4, 0.5) is 0 Å². The molecule has 1 rings (SSSR count). The van der Waals surface area contributed by atoms with Crippen molar-refractivity contribution in [1.29, 1.82) is 0 Å². The lowest BCUT2D eigenvalue weighted by Crippen LogP contribution is -2.15. The number of nitrogens with zero attached hydrogens (tertiary/aromatic N) is 2. The molecule has 1 aromatic heterocycles. The fourth-order valence-corrected chi connectivity index (χ4v) is 1.48. The molecular weight excluding hydrogens is 186 g/mol. The van der Waals surface area contributed by atoms with Gasteiger partial charge in [-0.2, -0.15) is 0 Å². The third-order valence-corrected chi connectivity index (χ3v) is 2.30. The highest BCUT2D eigenvalue weighted by Crippen LogP contribution is 2.12. The van der Waals surface area contributed by atoms with Crippen molar-refractivity contribution in [1.82, 2.24) is 14.9 Å². The van der Waals surface area contributed by atoms with Crippen LogP contribution in [0.3, 0.4) is 0 Å². The Labute approximate surface area is 92.2 Å². The summed E-state index contributed by atoms with van der Waals surface area (Å²) in [5.41, 5.74) is 2.51. The normalized spacial score (nSPS) is 12.5. The van der Waals surface area contributed by atoms with Crippen LogP contribution in [0, 0.1) is 0 Å². The molecule has 3 heteroatoms. The van der Waals surface area contributed by atoms with Crippen molar-refractivity contribution in [3.05, 3.63) is 23.8 Å².